The Kier molecular flexibility index (Phi) is 4.08. The highest BCUT2D eigenvalue weighted by molar-refractivity contribution is 6.05. The van der Waals surface area contributed by atoms with Crippen LogP contribution in [0.25, 0.3) is 0 Å². The van der Waals surface area contributed by atoms with E-state index in [0.29, 0.717) is 11.1 Å². The molecule has 1 N–H and O–H groups in total. The van der Waals surface area contributed by atoms with Crippen LogP contribution < -0.4 is 0 Å². The van der Waals surface area contributed by atoms with Crippen molar-refractivity contribution >= 4 is 11.6 Å². The second-order valence-electron chi connectivity index (χ2n) is 5.76. The molecule has 1 aliphatic rings. The number of amides is 1. The number of aromatic nitrogens is 1. The fraction of sp³-hybridized carbons (Fsp3) is 0.235. The third-order valence-corrected chi connectivity index (χ3v) is 3.91. The summed E-state index contributed by atoms with van der Waals surface area (Å²) in [5, 5.41) is 14.2. The zero-order valence-electron chi connectivity index (χ0n) is 13.2. The van der Waals surface area contributed by atoms with Gasteiger partial charge in [0.05, 0.1) is 12.1 Å². The summed E-state index contributed by atoms with van der Waals surface area (Å²) in [5.74, 6) is -1.02. The SMILES string of the molecule is Cc1cccc(C(=O)N2N=C(c3ccncc3)C[C@]2(O)C(F)(F)F)c1. The number of hydrazone groups is 1. The maximum absolute atomic E-state index is 13.5. The van der Waals surface area contributed by atoms with Gasteiger partial charge in [-0.25, -0.2) is 0 Å². The standard InChI is InChI=1S/C17H14F3N3O2/c1-11-3-2-4-13(9-11)15(24)23-16(25,17(18,19)20)10-14(22-23)12-5-7-21-8-6-12/h2-9,25H,10H2,1H3/t16-/m0/s1. The number of nitrogens with zero attached hydrogens (tertiary/aromatic N) is 3. The number of aliphatic hydroxyl groups is 1. The van der Waals surface area contributed by atoms with Gasteiger partial charge in [0.25, 0.3) is 11.6 Å². The fourth-order valence-electron chi connectivity index (χ4n) is 2.59. The quantitative estimate of drug-likeness (QED) is 0.907. The molecule has 0 aliphatic carbocycles. The van der Waals surface area contributed by atoms with E-state index in [1.165, 1.54) is 36.7 Å². The van der Waals surface area contributed by atoms with Crippen LogP contribution in [0, 0.1) is 6.92 Å². The minimum Gasteiger partial charge on any atom is -0.362 e. The molecule has 0 fully saturated rings. The summed E-state index contributed by atoms with van der Waals surface area (Å²) in [6.45, 7) is 1.71. The van der Waals surface area contributed by atoms with Gasteiger partial charge in [-0.1, -0.05) is 17.7 Å². The summed E-state index contributed by atoms with van der Waals surface area (Å²) in [4.78, 5) is 16.4. The molecule has 0 spiro atoms. The van der Waals surface area contributed by atoms with Crippen molar-refractivity contribution in [3.63, 3.8) is 0 Å². The van der Waals surface area contributed by atoms with E-state index in [2.05, 4.69) is 10.1 Å². The zero-order chi connectivity index (χ0) is 18.2. The van der Waals surface area contributed by atoms with Crippen LogP contribution >= 0.6 is 0 Å². The smallest absolute Gasteiger partial charge is 0.362 e. The lowest BCUT2D eigenvalue weighted by Gasteiger charge is -2.32. The van der Waals surface area contributed by atoms with E-state index in [-0.39, 0.29) is 16.3 Å². The van der Waals surface area contributed by atoms with Gasteiger partial charge in [0.15, 0.2) is 0 Å². The van der Waals surface area contributed by atoms with E-state index in [0.717, 1.165) is 0 Å². The number of carbonyl (C=O) groups is 1. The molecule has 0 unspecified atom stereocenters. The minimum atomic E-state index is -5.06. The Morgan fingerprint density at radius 1 is 1.24 bits per heavy atom. The third kappa shape index (κ3) is 3.00. The van der Waals surface area contributed by atoms with Crippen molar-refractivity contribution in [3.8, 4) is 0 Å². The van der Waals surface area contributed by atoms with Crippen molar-refractivity contribution in [1.29, 1.82) is 0 Å². The largest absolute Gasteiger partial charge is 0.438 e. The highest BCUT2D eigenvalue weighted by atomic mass is 19.4. The lowest BCUT2D eigenvalue weighted by atomic mass is 10.0. The zero-order valence-corrected chi connectivity index (χ0v) is 13.2. The van der Waals surface area contributed by atoms with Gasteiger partial charge < -0.3 is 5.11 Å². The number of halogens is 3. The van der Waals surface area contributed by atoms with Crippen molar-refractivity contribution in [2.75, 3.05) is 0 Å². The molecule has 1 aliphatic heterocycles. The van der Waals surface area contributed by atoms with E-state index >= 15 is 0 Å². The van der Waals surface area contributed by atoms with Gasteiger partial charge in [-0.15, -0.1) is 0 Å². The number of rotatable bonds is 2. The highest BCUT2D eigenvalue weighted by Gasteiger charge is 2.63. The summed E-state index contributed by atoms with van der Waals surface area (Å²) in [5.41, 5.74) is -2.35. The van der Waals surface area contributed by atoms with Crippen LogP contribution in [0.4, 0.5) is 13.2 Å². The van der Waals surface area contributed by atoms with Crippen LogP contribution in [-0.4, -0.2) is 38.6 Å². The van der Waals surface area contributed by atoms with Crippen LogP contribution in [0.15, 0.2) is 53.9 Å². The molecular weight excluding hydrogens is 335 g/mol. The Bertz CT molecular complexity index is 837. The Labute approximate surface area is 141 Å². The molecule has 3 rings (SSSR count). The molecule has 1 aromatic heterocycles. The Morgan fingerprint density at radius 3 is 2.52 bits per heavy atom. The average Bonchev–Trinajstić information content (AvgIpc) is 2.94. The molecule has 25 heavy (non-hydrogen) atoms. The molecule has 5 nitrogen and oxygen atoms in total. The molecular formula is C17H14F3N3O2. The maximum Gasteiger partial charge on any atom is 0.438 e. The van der Waals surface area contributed by atoms with Crippen molar-refractivity contribution in [1.82, 2.24) is 9.99 Å². The van der Waals surface area contributed by atoms with Gasteiger partial charge in [-0.05, 0) is 31.2 Å². The molecule has 0 bridgehead atoms. The number of carbonyl (C=O) groups excluding carboxylic acids is 1. The Morgan fingerprint density at radius 2 is 1.92 bits per heavy atom. The average molecular weight is 349 g/mol. The van der Waals surface area contributed by atoms with Crippen LogP contribution in [0.1, 0.15) is 27.9 Å². The maximum atomic E-state index is 13.5. The second kappa shape index (κ2) is 5.96. The molecule has 0 saturated carbocycles. The first-order valence-corrected chi connectivity index (χ1v) is 7.40. The van der Waals surface area contributed by atoms with Crippen LogP contribution in [0.2, 0.25) is 0 Å². The van der Waals surface area contributed by atoms with Crippen LogP contribution in [-0.2, 0) is 0 Å². The molecule has 1 aromatic carbocycles. The first-order chi connectivity index (χ1) is 11.7. The van der Waals surface area contributed by atoms with Crippen molar-refractivity contribution in [3.05, 3.63) is 65.5 Å². The van der Waals surface area contributed by atoms with Crippen LogP contribution in [0.5, 0.6) is 0 Å². The van der Waals surface area contributed by atoms with Gasteiger partial charge in [0.2, 0.25) is 0 Å². The van der Waals surface area contributed by atoms with Gasteiger partial charge in [-0.2, -0.15) is 23.3 Å². The second-order valence-corrected chi connectivity index (χ2v) is 5.76. The summed E-state index contributed by atoms with van der Waals surface area (Å²) >= 11 is 0. The number of aryl methyl sites for hydroxylation is 1. The summed E-state index contributed by atoms with van der Waals surface area (Å²) in [7, 11) is 0. The molecule has 1 atom stereocenters. The molecule has 0 radical (unpaired) electrons. The number of alkyl halides is 3. The van der Waals surface area contributed by atoms with Gasteiger partial charge in [-0.3, -0.25) is 9.78 Å². The van der Waals surface area contributed by atoms with Crippen molar-refractivity contribution in [2.45, 2.75) is 25.2 Å². The van der Waals surface area contributed by atoms with E-state index in [1.807, 2.05) is 0 Å². The Hall–Kier alpha value is -2.74. The lowest BCUT2D eigenvalue weighted by molar-refractivity contribution is -0.297. The van der Waals surface area contributed by atoms with Crippen molar-refractivity contribution in [2.24, 2.45) is 5.10 Å². The van der Waals surface area contributed by atoms with E-state index in [9.17, 15) is 23.1 Å². The predicted molar refractivity (Wildman–Crippen MR) is 83.7 cm³/mol. The third-order valence-electron chi connectivity index (χ3n) is 3.91. The highest BCUT2D eigenvalue weighted by Crippen LogP contribution is 2.41. The topological polar surface area (TPSA) is 65.8 Å². The molecule has 2 aromatic rings. The molecule has 8 heteroatoms. The van der Waals surface area contributed by atoms with Crippen LogP contribution in [0.3, 0.4) is 0 Å². The number of hydrogen-bond donors (Lipinski definition) is 1. The normalized spacial score (nSPS) is 20.5. The molecule has 130 valence electrons. The van der Waals surface area contributed by atoms with Gasteiger partial charge >= 0.3 is 6.18 Å². The first-order valence-electron chi connectivity index (χ1n) is 7.40. The van der Waals surface area contributed by atoms with E-state index in [1.54, 1.807) is 19.1 Å². The van der Waals surface area contributed by atoms with Crippen molar-refractivity contribution < 1.29 is 23.1 Å². The van der Waals surface area contributed by atoms with E-state index < -0.39 is 24.2 Å². The number of benzene rings is 1. The summed E-state index contributed by atoms with van der Waals surface area (Å²) in [6.07, 6.45) is -3.12. The Balaban J connectivity index is 2.06. The first kappa shape index (κ1) is 17.1. The lowest BCUT2D eigenvalue weighted by Crippen LogP contribution is -2.56. The number of hydrogen-bond acceptors (Lipinski definition) is 4. The summed E-state index contributed by atoms with van der Waals surface area (Å²) < 4.78 is 40.5. The van der Waals surface area contributed by atoms with Gasteiger partial charge in [0, 0.05) is 23.5 Å². The molecule has 1 amide bonds. The number of pyridine rings is 1. The van der Waals surface area contributed by atoms with E-state index in [4.69, 9.17) is 0 Å². The minimum absolute atomic E-state index is 0.0161. The summed E-state index contributed by atoms with van der Waals surface area (Å²) in [6, 6.07) is 9.03. The van der Waals surface area contributed by atoms with Gasteiger partial charge in [0.1, 0.15) is 0 Å². The fourth-order valence-corrected chi connectivity index (χ4v) is 2.59. The monoisotopic (exact) mass is 349 g/mol. The molecule has 2 heterocycles. The predicted octanol–water partition coefficient (Wildman–Crippen LogP) is 2.89. The molecule has 0 saturated heterocycles.